The van der Waals surface area contributed by atoms with Crippen molar-refractivity contribution >= 4 is 25.5 Å². The van der Waals surface area contributed by atoms with Crippen molar-refractivity contribution < 1.29 is 16.8 Å². The van der Waals surface area contributed by atoms with Crippen LogP contribution in [0.2, 0.25) is 0 Å². The third kappa shape index (κ3) is 4.39. The molecule has 28 heavy (non-hydrogen) atoms. The Labute approximate surface area is 167 Å². The van der Waals surface area contributed by atoms with Crippen molar-refractivity contribution in [1.29, 1.82) is 0 Å². The molecule has 0 aromatic heterocycles. The van der Waals surface area contributed by atoms with Crippen LogP contribution in [0.15, 0.2) is 58.3 Å². The lowest BCUT2D eigenvalue weighted by Gasteiger charge is -2.14. The molecule has 0 spiro atoms. The quantitative estimate of drug-likeness (QED) is 0.740. The summed E-state index contributed by atoms with van der Waals surface area (Å²) in [5, 5.41) is 2.92. The van der Waals surface area contributed by atoms with Crippen molar-refractivity contribution in [2.75, 3.05) is 19.4 Å². The number of sulfone groups is 1. The summed E-state index contributed by atoms with van der Waals surface area (Å²) in [5.41, 5.74) is 1.49. The van der Waals surface area contributed by atoms with E-state index >= 15 is 0 Å². The molecule has 0 aliphatic heterocycles. The molecule has 1 aliphatic carbocycles. The Hall–Kier alpha value is -1.90. The molecule has 0 unspecified atom stereocenters. The first kappa shape index (κ1) is 20.8. The molecule has 152 valence electrons. The fraction of sp³-hybridized carbons (Fsp3) is 0.400. The largest absolute Gasteiger partial charge is 0.381 e. The number of sulfonamides is 1. The summed E-state index contributed by atoms with van der Waals surface area (Å²) in [6.45, 7) is 0.393. The summed E-state index contributed by atoms with van der Waals surface area (Å²) < 4.78 is 51.3. The Kier molecular flexibility index (Phi) is 6.12. The minimum Gasteiger partial charge on any atom is -0.381 e. The van der Waals surface area contributed by atoms with E-state index in [2.05, 4.69) is 5.32 Å². The zero-order chi connectivity index (χ0) is 20.4. The predicted molar refractivity (Wildman–Crippen MR) is 111 cm³/mol. The Morgan fingerprint density at radius 1 is 0.929 bits per heavy atom. The number of anilines is 1. The van der Waals surface area contributed by atoms with Gasteiger partial charge in [0.2, 0.25) is 10.0 Å². The Balaban J connectivity index is 1.76. The van der Waals surface area contributed by atoms with E-state index in [9.17, 15) is 16.8 Å². The lowest BCUT2D eigenvalue weighted by Crippen LogP contribution is -2.22. The summed E-state index contributed by atoms with van der Waals surface area (Å²) in [4.78, 5) is 0.572. The maximum Gasteiger partial charge on any atom is 0.242 e. The van der Waals surface area contributed by atoms with E-state index in [0.717, 1.165) is 31.2 Å². The lowest BCUT2D eigenvalue weighted by atomic mass is 10.2. The second-order valence-electron chi connectivity index (χ2n) is 7.27. The fourth-order valence-corrected chi connectivity index (χ4v) is 6.28. The van der Waals surface area contributed by atoms with E-state index in [1.807, 2.05) is 12.1 Å². The van der Waals surface area contributed by atoms with Gasteiger partial charge in [0.1, 0.15) is 0 Å². The molecule has 6 nitrogen and oxygen atoms in total. The van der Waals surface area contributed by atoms with Gasteiger partial charge in [-0.25, -0.2) is 21.1 Å². The Bertz CT molecular complexity index is 1040. The summed E-state index contributed by atoms with van der Waals surface area (Å²) in [7, 11) is -3.80. The molecule has 3 rings (SSSR count). The zero-order valence-corrected chi connectivity index (χ0v) is 17.8. The van der Waals surface area contributed by atoms with E-state index in [0.29, 0.717) is 17.1 Å². The highest BCUT2D eigenvalue weighted by molar-refractivity contribution is 7.92. The van der Waals surface area contributed by atoms with Crippen LogP contribution in [0.5, 0.6) is 0 Å². The van der Waals surface area contributed by atoms with Gasteiger partial charge < -0.3 is 5.32 Å². The average molecular weight is 423 g/mol. The van der Waals surface area contributed by atoms with E-state index in [1.165, 1.54) is 18.4 Å². The highest BCUT2D eigenvalue weighted by atomic mass is 32.2. The molecule has 8 heteroatoms. The number of rotatable bonds is 7. The normalized spacial score (nSPS) is 15.8. The van der Waals surface area contributed by atoms with Gasteiger partial charge in [0.15, 0.2) is 9.84 Å². The average Bonchev–Trinajstić information content (AvgIpc) is 3.22. The van der Waals surface area contributed by atoms with Crippen molar-refractivity contribution in [2.45, 2.75) is 47.3 Å². The van der Waals surface area contributed by atoms with Crippen LogP contribution in [0.25, 0.3) is 0 Å². The molecule has 0 amide bonds. The summed E-state index contributed by atoms with van der Waals surface area (Å²) in [5.74, 6) is 0. The van der Waals surface area contributed by atoms with Gasteiger partial charge in [-0.3, -0.25) is 0 Å². The minimum atomic E-state index is -3.49. The highest BCUT2D eigenvalue weighted by Gasteiger charge is 2.30. The standard InChI is InChI=1S/C20H26N2O4S2/c1-22(2)28(25,26)20-12-5-7-16(13-20)15-21-17-8-6-11-19(14-17)27(23,24)18-9-3-4-10-18/h5-8,11-14,18,21H,3-4,9-10,15H2,1-2H3. The lowest BCUT2D eigenvalue weighted by molar-refractivity contribution is 0.520. The molecule has 2 aromatic rings. The molecule has 0 heterocycles. The SMILES string of the molecule is CN(C)S(=O)(=O)c1cccc(CNc2cccc(S(=O)(=O)C3CCCC3)c2)c1. The van der Waals surface area contributed by atoms with Crippen molar-refractivity contribution in [3.8, 4) is 0 Å². The maximum absolute atomic E-state index is 12.8. The summed E-state index contributed by atoms with van der Waals surface area (Å²) >= 11 is 0. The Morgan fingerprint density at radius 2 is 1.57 bits per heavy atom. The first-order valence-corrected chi connectivity index (χ1v) is 12.3. The first-order valence-electron chi connectivity index (χ1n) is 9.30. The molecule has 1 saturated carbocycles. The topological polar surface area (TPSA) is 83.6 Å². The maximum atomic E-state index is 12.8. The molecular weight excluding hydrogens is 396 g/mol. The van der Waals surface area contributed by atoms with Gasteiger partial charge in [-0.1, -0.05) is 31.0 Å². The van der Waals surface area contributed by atoms with Crippen LogP contribution < -0.4 is 5.32 Å². The van der Waals surface area contributed by atoms with Gasteiger partial charge in [0, 0.05) is 26.3 Å². The number of hydrogen-bond donors (Lipinski definition) is 1. The van der Waals surface area contributed by atoms with Crippen LogP contribution in [0.4, 0.5) is 5.69 Å². The molecule has 1 fully saturated rings. The van der Waals surface area contributed by atoms with Crippen LogP contribution in [0.1, 0.15) is 31.2 Å². The van der Waals surface area contributed by atoms with Gasteiger partial charge in [-0.2, -0.15) is 0 Å². The van der Waals surface area contributed by atoms with Crippen molar-refractivity contribution in [3.05, 3.63) is 54.1 Å². The number of benzene rings is 2. The molecule has 0 atom stereocenters. The van der Waals surface area contributed by atoms with Gasteiger partial charge in [-0.15, -0.1) is 0 Å². The first-order chi connectivity index (χ1) is 13.2. The van der Waals surface area contributed by atoms with E-state index in [4.69, 9.17) is 0 Å². The molecule has 0 bridgehead atoms. The van der Waals surface area contributed by atoms with Crippen LogP contribution in [0, 0.1) is 0 Å². The molecule has 0 saturated heterocycles. The van der Waals surface area contributed by atoms with Crippen LogP contribution >= 0.6 is 0 Å². The fourth-order valence-electron chi connectivity index (χ4n) is 3.40. The second kappa shape index (κ2) is 8.23. The smallest absolute Gasteiger partial charge is 0.242 e. The summed E-state index contributed by atoms with van der Waals surface area (Å²) in [6, 6.07) is 13.6. The van der Waals surface area contributed by atoms with Crippen molar-refractivity contribution in [3.63, 3.8) is 0 Å². The van der Waals surface area contributed by atoms with E-state index in [1.54, 1.807) is 36.4 Å². The highest BCUT2D eigenvalue weighted by Crippen LogP contribution is 2.30. The second-order valence-corrected chi connectivity index (χ2v) is 11.6. The third-order valence-corrected chi connectivity index (χ3v) is 9.15. The predicted octanol–water partition coefficient (Wildman–Crippen LogP) is 3.27. The molecule has 0 radical (unpaired) electrons. The zero-order valence-electron chi connectivity index (χ0n) is 16.1. The third-order valence-electron chi connectivity index (χ3n) is 5.08. The monoisotopic (exact) mass is 422 g/mol. The van der Waals surface area contributed by atoms with E-state index in [-0.39, 0.29) is 10.1 Å². The Morgan fingerprint density at radius 3 is 2.25 bits per heavy atom. The van der Waals surface area contributed by atoms with Gasteiger partial charge in [-0.05, 0) is 48.7 Å². The summed E-state index contributed by atoms with van der Waals surface area (Å²) in [6.07, 6.45) is 3.39. The molecule has 2 aromatic carbocycles. The number of nitrogens with zero attached hydrogens (tertiary/aromatic N) is 1. The van der Waals surface area contributed by atoms with Crippen LogP contribution in [-0.4, -0.2) is 40.5 Å². The van der Waals surface area contributed by atoms with Crippen LogP contribution in [0.3, 0.4) is 0 Å². The van der Waals surface area contributed by atoms with Gasteiger partial charge in [0.05, 0.1) is 15.0 Å². The van der Waals surface area contributed by atoms with E-state index < -0.39 is 19.9 Å². The minimum absolute atomic E-state index is 0.231. The van der Waals surface area contributed by atoms with Crippen molar-refractivity contribution in [2.24, 2.45) is 0 Å². The molecule has 1 N–H and O–H groups in total. The van der Waals surface area contributed by atoms with Crippen molar-refractivity contribution in [1.82, 2.24) is 4.31 Å². The number of nitrogens with one attached hydrogen (secondary N) is 1. The molecular formula is C20H26N2O4S2. The van der Waals surface area contributed by atoms with Crippen LogP contribution in [-0.2, 0) is 26.4 Å². The van der Waals surface area contributed by atoms with Gasteiger partial charge in [0.25, 0.3) is 0 Å². The van der Waals surface area contributed by atoms with Gasteiger partial charge >= 0.3 is 0 Å². The number of hydrogen-bond acceptors (Lipinski definition) is 5. The molecule has 1 aliphatic rings.